The smallest absolute Gasteiger partial charge is 0.395 e. The van der Waals surface area contributed by atoms with Crippen molar-refractivity contribution >= 4 is 7.82 Å². The molecule has 0 N–H and O–H groups in total. The Kier molecular flexibility index (Phi) is 5.18. The van der Waals surface area contributed by atoms with Crippen molar-refractivity contribution < 1.29 is 22.9 Å². The van der Waals surface area contributed by atoms with Crippen LogP contribution >= 0.6 is 7.82 Å². The Morgan fingerprint density at radius 1 is 0.850 bits per heavy atom. The second-order valence-corrected chi connectivity index (χ2v) is 5.31. The summed E-state index contributed by atoms with van der Waals surface area (Å²) in [6.45, 7) is -0.197. The second kappa shape index (κ2) is 7.10. The first kappa shape index (κ1) is 14.6. The van der Waals surface area contributed by atoms with Crippen LogP contribution in [0.25, 0.3) is 0 Å². The predicted molar refractivity (Wildman–Crippen MR) is 74.7 cm³/mol. The second-order valence-electron chi connectivity index (χ2n) is 3.79. The molecule has 0 aromatic heterocycles. The van der Waals surface area contributed by atoms with Crippen molar-refractivity contribution in [2.45, 2.75) is 0 Å². The van der Waals surface area contributed by atoms with Gasteiger partial charge in [-0.3, -0.25) is 0 Å². The highest BCUT2D eigenvalue weighted by Crippen LogP contribution is 2.49. The van der Waals surface area contributed by atoms with Gasteiger partial charge in [0, 0.05) is 7.11 Å². The van der Waals surface area contributed by atoms with Gasteiger partial charge in [0.25, 0.3) is 0 Å². The summed E-state index contributed by atoms with van der Waals surface area (Å²) in [6.07, 6.45) is 0. The third-order valence-corrected chi connectivity index (χ3v) is 3.54. The predicted octanol–water partition coefficient (Wildman–Crippen LogP) is 3.87. The third kappa shape index (κ3) is 4.38. The molecule has 0 radical (unpaired) electrons. The van der Waals surface area contributed by atoms with Crippen LogP contribution in [-0.2, 0) is 13.8 Å². The van der Waals surface area contributed by atoms with Crippen LogP contribution in [0.15, 0.2) is 60.7 Å². The van der Waals surface area contributed by atoms with Crippen LogP contribution in [-0.4, -0.2) is 13.9 Å². The molecule has 106 valence electrons. The SMILES string of the molecule is COCOP(=O)(Oc1ccccc1)Oc1ccccc1. The van der Waals surface area contributed by atoms with Gasteiger partial charge >= 0.3 is 7.82 Å². The van der Waals surface area contributed by atoms with E-state index in [1.165, 1.54) is 7.11 Å². The molecular weight excluding hydrogens is 279 g/mol. The van der Waals surface area contributed by atoms with Crippen molar-refractivity contribution in [1.82, 2.24) is 0 Å². The molecule has 0 heterocycles. The van der Waals surface area contributed by atoms with Crippen molar-refractivity contribution in [1.29, 1.82) is 0 Å². The van der Waals surface area contributed by atoms with Crippen LogP contribution in [0, 0.1) is 0 Å². The van der Waals surface area contributed by atoms with E-state index in [1.54, 1.807) is 48.5 Å². The zero-order valence-corrected chi connectivity index (χ0v) is 11.9. The number of hydrogen-bond donors (Lipinski definition) is 0. The van der Waals surface area contributed by atoms with E-state index in [9.17, 15) is 4.57 Å². The van der Waals surface area contributed by atoms with E-state index >= 15 is 0 Å². The standard InChI is InChI=1S/C14H15O5P/c1-16-12-17-20(15,18-13-8-4-2-5-9-13)19-14-10-6-3-7-11-14/h2-11H,12H2,1H3. The lowest BCUT2D eigenvalue weighted by Gasteiger charge is -2.18. The van der Waals surface area contributed by atoms with Crippen LogP contribution in [0.3, 0.4) is 0 Å². The van der Waals surface area contributed by atoms with Crippen LogP contribution < -0.4 is 9.05 Å². The Hall–Kier alpha value is -1.81. The molecule has 0 saturated heterocycles. The number of ether oxygens (including phenoxy) is 1. The molecule has 0 aliphatic heterocycles. The largest absolute Gasteiger partial charge is 0.589 e. The van der Waals surface area contributed by atoms with Gasteiger partial charge in [-0.25, -0.2) is 9.09 Å². The van der Waals surface area contributed by atoms with Crippen LogP contribution in [0.1, 0.15) is 0 Å². The molecule has 20 heavy (non-hydrogen) atoms. The summed E-state index contributed by atoms with van der Waals surface area (Å²) in [7, 11) is -2.38. The van der Waals surface area contributed by atoms with E-state index in [0.29, 0.717) is 11.5 Å². The number of hydrogen-bond acceptors (Lipinski definition) is 5. The Balaban J connectivity index is 2.15. The Bertz CT molecular complexity index is 513. The average Bonchev–Trinajstić information content (AvgIpc) is 2.47. The number of phosphoric acid groups is 1. The lowest BCUT2D eigenvalue weighted by molar-refractivity contribution is 0.0322. The summed E-state index contributed by atoms with van der Waals surface area (Å²) < 4.78 is 33.1. The highest BCUT2D eigenvalue weighted by atomic mass is 31.2. The Morgan fingerprint density at radius 3 is 1.70 bits per heavy atom. The summed E-state index contributed by atoms with van der Waals surface area (Å²) in [5, 5.41) is 0. The highest BCUT2D eigenvalue weighted by Gasteiger charge is 2.30. The van der Waals surface area contributed by atoms with Crippen LogP contribution in [0.2, 0.25) is 0 Å². The molecule has 0 aliphatic carbocycles. The Morgan fingerprint density at radius 2 is 1.30 bits per heavy atom. The first-order valence-corrected chi connectivity index (χ1v) is 7.41. The van der Waals surface area contributed by atoms with Gasteiger partial charge in [0.15, 0.2) is 6.79 Å². The fourth-order valence-corrected chi connectivity index (χ4v) is 2.55. The van der Waals surface area contributed by atoms with Crippen molar-refractivity contribution in [3.63, 3.8) is 0 Å². The van der Waals surface area contributed by atoms with Gasteiger partial charge in [-0.15, -0.1) is 0 Å². The molecule has 0 fully saturated rings. The zero-order chi connectivity index (χ0) is 14.3. The maximum atomic E-state index is 12.6. The summed E-state index contributed by atoms with van der Waals surface area (Å²) in [6, 6.07) is 17.4. The number of para-hydroxylation sites is 2. The quantitative estimate of drug-likeness (QED) is 0.573. The van der Waals surface area contributed by atoms with Gasteiger partial charge in [0.1, 0.15) is 11.5 Å². The molecule has 0 spiro atoms. The monoisotopic (exact) mass is 294 g/mol. The molecule has 0 aliphatic rings. The average molecular weight is 294 g/mol. The van der Waals surface area contributed by atoms with E-state index in [0.717, 1.165) is 0 Å². The molecule has 2 aromatic carbocycles. The maximum absolute atomic E-state index is 12.6. The molecule has 0 atom stereocenters. The minimum atomic E-state index is -3.80. The molecule has 0 saturated carbocycles. The lowest BCUT2D eigenvalue weighted by Crippen LogP contribution is -2.06. The van der Waals surface area contributed by atoms with Crippen molar-refractivity contribution in [2.24, 2.45) is 0 Å². The maximum Gasteiger partial charge on any atom is 0.589 e. The van der Waals surface area contributed by atoms with Gasteiger partial charge in [-0.1, -0.05) is 36.4 Å². The highest BCUT2D eigenvalue weighted by molar-refractivity contribution is 7.49. The summed E-state index contributed by atoms with van der Waals surface area (Å²) in [4.78, 5) is 0. The van der Waals surface area contributed by atoms with Gasteiger partial charge in [0.05, 0.1) is 0 Å². The Labute approximate surface area is 117 Å². The fourth-order valence-electron chi connectivity index (χ4n) is 1.41. The van der Waals surface area contributed by atoms with Crippen molar-refractivity contribution in [2.75, 3.05) is 13.9 Å². The minimum absolute atomic E-state index is 0.197. The fraction of sp³-hybridized carbons (Fsp3) is 0.143. The van der Waals surface area contributed by atoms with E-state index in [1.807, 2.05) is 12.1 Å². The minimum Gasteiger partial charge on any atom is -0.395 e. The van der Waals surface area contributed by atoms with Crippen LogP contribution in [0.5, 0.6) is 11.5 Å². The summed E-state index contributed by atoms with van der Waals surface area (Å²) in [5.41, 5.74) is 0. The molecule has 0 amide bonds. The van der Waals surface area contributed by atoms with Gasteiger partial charge in [-0.2, -0.15) is 0 Å². The van der Waals surface area contributed by atoms with E-state index in [4.69, 9.17) is 18.3 Å². The normalized spacial score (nSPS) is 11.1. The van der Waals surface area contributed by atoms with Gasteiger partial charge in [-0.05, 0) is 24.3 Å². The summed E-state index contributed by atoms with van der Waals surface area (Å²) in [5.74, 6) is 0.783. The molecule has 6 heteroatoms. The molecule has 2 aromatic rings. The molecule has 0 bridgehead atoms. The number of phosphoric ester groups is 1. The lowest BCUT2D eigenvalue weighted by atomic mass is 10.3. The first-order chi connectivity index (χ1) is 9.72. The zero-order valence-electron chi connectivity index (χ0n) is 11.0. The topological polar surface area (TPSA) is 54.0 Å². The number of methoxy groups -OCH3 is 1. The third-order valence-electron chi connectivity index (χ3n) is 2.25. The van der Waals surface area contributed by atoms with E-state index in [-0.39, 0.29) is 6.79 Å². The van der Waals surface area contributed by atoms with Crippen LogP contribution in [0.4, 0.5) is 0 Å². The number of benzene rings is 2. The summed E-state index contributed by atoms with van der Waals surface area (Å²) >= 11 is 0. The van der Waals surface area contributed by atoms with Crippen molar-refractivity contribution in [3.05, 3.63) is 60.7 Å². The number of rotatable bonds is 7. The molecule has 5 nitrogen and oxygen atoms in total. The molecular formula is C14H15O5P. The van der Waals surface area contributed by atoms with Gasteiger partial charge < -0.3 is 13.8 Å². The first-order valence-electron chi connectivity index (χ1n) is 5.95. The van der Waals surface area contributed by atoms with Crippen molar-refractivity contribution in [3.8, 4) is 11.5 Å². The van der Waals surface area contributed by atoms with E-state index in [2.05, 4.69) is 0 Å². The molecule has 2 rings (SSSR count). The van der Waals surface area contributed by atoms with E-state index < -0.39 is 7.82 Å². The molecule has 0 unspecified atom stereocenters. The van der Waals surface area contributed by atoms with Gasteiger partial charge in [0.2, 0.25) is 0 Å².